The summed E-state index contributed by atoms with van der Waals surface area (Å²) in [6, 6.07) is 0. The van der Waals surface area contributed by atoms with Crippen LogP contribution in [0.3, 0.4) is 0 Å². The third kappa shape index (κ3) is 1.54. The van der Waals surface area contributed by atoms with Crippen LogP contribution in [-0.2, 0) is 19.1 Å². The summed E-state index contributed by atoms with van der Waals surface area (Å²) in [5.74, 6) is 3.04. The summed E-state index contributed by atoms with van der Waals surface area (Å²) in [6.07, 6.45) is 4.79. The Morgan fingerprint density at radius 2 is 1.00 bits per heavy atom. The summed E-state index contributed by atoms with van der Waals surface area (Å²) in [4.78, 5) is 22.8. The Hall–Kier alpha value is -1.06. The van der Waals surface area contributed by atoms with Gasteiger partial charge in [-0.1, -0.05) is 0 Å². The molecule has 0 aromatic heterocycles. The zero-order valence-corrected chi connectivity index (χ0v) is 12.1. The van der Waals surface area contributed by atoms with Crippen molar-refractivity contribution in [2.45, 2.75) is 51.7 Å². The highest BCUT2D eigenvalue weighted by Crippen LogP contribution is 2.68. The Bertz CT molecular complexity index is 393. The van der Waals surface area contributed by atoms with E-state index in [0.29, 0.717) is 35.5 Å². The third-order valence-electron chi connectivity index (χ3n) is 6.38. The van der Waals surface area contributed by atoms with Gasteiger partial charge >= 0.3 is 11.9 Å². The minimum absolute atomic E-state index is 0.135. The molecular weight excluding hydrogens is 256 g/mol. The van der Waals surface area contributed by atoms with E-state index < -0.39 is 0 Å². The maximum Gasteiger partial charge on any atom is 0.302 e. The summed E-state index contributed by atoms with van der Waals surface area (Å²) in [5, 5.41) is 0. The fraction of sp³-hybridized carbons (Fsp3) is 0.875. The molecule has 0 aromatic carbocycles. The molecule has 2 unspecified atom stereocenters. The minimum atomic E-state index is -0.140. The van der Waals surface area contributed by atoms with Gasteiger partial charge in [-0.3, -0.25) is 9.59 Å². The fourth-order valence-corrected chi connectivity index (χ4v) is 6.22. The van der Waals surface area contributed by atoms with Gasteiger partial charge in [0.05, 0.1) is 0 Å². The topological polar surface area (TPSA) is 52.6 Å². The third-order valence-corrected chi connectivity index (χ3v) is 6.38. The van der Waals surface area contributed by atoms with Crippen molar-refractivity contribution in [2.75, 3.05) is 0 Å². The maximum absolute atomic E-state index is 11.4. The van der Waals surface area contributed by atoms with E-state index in [1.807, 2.05) is 0 Å². The molecule has 4 aliphatic rings. The zero-order chi connectivity index (χ0) is 14.0. The lowest BCUT2D eigenvalue weighted by Crippen LogP contribution is -2.30. The lowest BCUT2D eigenvalue weighted by atomic mass is 9.90. The first kappa shape index (κ1) is 12.7. The lowest BCUT2D eigenvalue weighted by molar-refractivity contribution is -0.151. The molecular formula is C16H22O4. The molecule has 0 radical (unpaired) electrons. The fourth-order valence-electron chi connectivity index (χ4n) is 6.22. The van der Waals surface area contributed by atoms with Gasteiger partial charge in [0.1, 0.15) is 12.2 Å². The van der Waals surface area contributed by atoms with E-state index in [1.165, 1.54) is 13.8 Å². The van der Waals surface area contributed by atoms with Crippen molar-refractivity contribution in [2.24, 2.45) is 35.5 Å². The zero-order valence-electron chi connectivity index (χ0n) is 12.1. The summed E-state index contributed by atoms with van der Waals surface area (Å²) in [6.45, 7) is 3.04. The van der Waals surface area contributed by atoms with E-state index in [1.54, 1.807) is 0 Å². The monoisotopic (exact) mass is 278 g/mol. The molecule has 0 saturated heterocycles. The van der Waals surface area contributed by atoms with Crippen LogP contribution in [-0.4, -0.2) is 24.1 Å². The van der Waals surface area contributed by atoms with Crippen LogP contribution in [0.2, 0.25) is 0 Å². The molecule has 0 bridgehead atoms. The van der Waals surface area contributed by atoms with E-state index in [-0.39, 0.29) is 24.1 Å². The molecule has 4 aliphatic carbocycles. The van der Waals surface area contributed by atoms with Gasteiger partial charge in [0, 0.05) is 13.8 Å². The molecule has 4 nitrogen and oxygen atoms in total. The van der Waals surface area contributed by atoms with E-state index in [2.05, 4.69) is 0 Å². The van der Waals surface area contributed by atoms with Crippen molar-refractivity contribution in [3.63, 3.8) is 0 Å². The minimum Gasteiger partial charge on any atom is -0.462 e. The average molecular weight is 278 g/mol. The van der Waals surface area contributed by atoms with Crippen LogP contribution < -0.4 is 0 Å². The number of carbonyl (C=O) groups is 2. The van der Waals surface area contributed by atoms with Crippen LogP contribution in [0.5, 0.6) is 0 Å². The van der Waals surface area contributed by atoms with Gasteiger partial charge in [0.25, 0.3) is 0 Å². The maximum atomic E-state index is 11.4. The smallest absolute Gasteiger partial charge is 0.302 e. The van der Waals surface area contributed by atoms with Crippen LogP contribution in [0.1, 0.15) is 39.5 Å². The number of ether oxygens (including phenoxy) is 2. The Balaban J connectivity index is 1.63. The van der Waals surface area contributed by atoms with E-state index in [0.717, 1.165) is 25.7 Å². The van der Waals surface area contributed by atoms with Gasteiger partial charge in [0.15, 0.2) is 0 Å². The van der Waals surface area contributed by atoms with Gasteiger partial charge in [-0.2, -0.15) is 0 Å². The number of carbonyl (C=O) groups excluding carboxylic acids is 2. The molecule has 0 amide bonds. The Labute approximate surface area is 119 Å². The number of rotatable bonds is 2. The number of hydrogen-bond acceptors (Lipinski definition) is 4. The number of esters is 2. The molecule has 4 saturated carbocycles. The molecule has 0 N–H and O–H groups in total. The Morgan fingerprint density at radius 3 is 1.25 bits per heavy atom. The summed E-state index contributed by atoms with van der Waals surface area (Å²) < 4.78 is 11.4. The van der Waals surface area contributed by atoms with Crippen molar-refractivity contribution >= 4 is 11.9 Å². The number of hydrogen-bond donors (Lipinski definition) is 0. The molecule has 6 atom stereocenters. The van der Waals surface area contributed by atoms with Gasteiger partial charge < -0.3 is 9.47 Å². The average Bonchev–Trinajstić information content (AvgIpc) is 3.03. The van der Waals surface area contributed by atoms with Crippen LogP contribution >= 0.6 is 0 Å². The molecule has 0 aromatic rings. The molecule has 4 heteroatoms. The first-order valence-electron chi connectivity index (χ1n) is 7.92. The molecule has 0 aliphatic heterocycles. The van der Waals surface area contributed by atoms with Gasteiger partial charge in [0.2, 0.25) is 0 Å². The first-order valence-corrected chi connectivity index (χ1v) is 7.92. The van der Waals surface area contributed by atoms with Gasteiger partial charge in [-0.15, -0.1) is 0 Å². The molecule has 20 heavy (non-hydrogen) atoms. The molecule has 0 heterocycles. The highest BCUT2D eigenvalue weighted by atomic mass is 16.5. The highest BCUT2D eigenvalue weighted by molar-refractivity contribution is 5.66. The molecule has 110 valence electrons. The van der Waals surface area contributed by atoms with Crippen molar-refractivity contribution < 1.29 is 19.1 Å². The predicted octanol–water partition coefficient (Wildman–Crippen LogP) is 2.16. The Morgan fingerprint density at radius 1 is 0.700 bits per heavy atom. The largest absolute Gasteiger partial charge is 0.462 e. The van der Waals surface area contributed by atoms with E-state index in [9.17, 15) is 9.59 Å². The van der Waals surface area contributed by atoms with Crippen LogP contribution in [0.4, 0.5) is 0 Å². The van der Waals surface area contributed by atoms with Crippen molar-refractivity contribution in [1.29, 1.82) is 0 Å². The van der Waals surface area contributed by atoms with E-state index in [4.69, 9.17) is 9.47 Å². The Kier molecular flexibility index (Phi) is 2.67. The molecule has 0 spiro atoms. The van der Waals surface area contributed by atoms with Gasteiger partial charge in [-0.25, -0.2) is 0 Å². The second-order valence-electron chi connectivity index (χ2n) is 7.11. The van der Waals surface area contributed by atoms with Gasteiger partial charge in [-0.05, 0) is 61.2 Å². The first-order chi connectivity index (χ1) is 9.58. The normalized spacial score (nSPS) is 51.1. The van der Waals surface area contributed by atoms with Crippen molar-refractivity contribution in [3.8, 4) is 0 Å². The predicted molar refractivity (Wildman–Crippen MR) is 70.5 cm³/mol. The summed E-state index contributed by atoms with van der Waals surface area (Å²) in [5.41, 5.74) is 0. The van der Waals surface area contributed by atoms with Crippen LogP contribution in [0.25, 0.3) is 0 Å². The lowest BCUT2D eigenvalue weighted by Gasteiger charge is -2.24. The van der Waals surface area contributed by atoms with Crippen LogP contribution in [0, 0.1) is 35.5 Å². The SMILES string of the molecule is CC(=O)OC1[C@H]2CC[C@H]3C(OC(C)=O)[C@@H]4CC[C@H]1C4C23. The molecule has 4 fully saturated rings. The van der Waals surface area contributed by atoms with Crippen molar-refractivity contribution in [1.82, 2.24) is 0 Å². The second-order valence-corrected chi connectivity index (χ2v) is 7.11. The quantitative estimate of drug-likeness (QED) is 0.726. The van der Waals surface area contributed by atoms with E-state index >= 15 is 0 Å². The molecule has 4 rings (SSSR count). The second kappa shape index (κ2) is 4.22. The summed E-state index contributed by atoms with van der Waals surface area (Å²) >= 11 is 0. The van der Waals surface area contributed by atoms with Crippen molar-refractivity contribution in [3.05, 3.63) is 0 Å². The highest BCUT2D eigenvalue weighted by Gasteiger charge is 2.68. The van der Waals surface area contributed by atoms with Crippen LogP contribution in [0.15, 0.2) is 0 Å². The standard InChI is InChI=1S/C16H22O4/c1-7(17)19-15-9-3-5-11-13(9)14-10(15)4-6-12(14)16(11)20-8(2)18/h9-16H,3-6H2,1-2H3/t9-,10-,11+,12+,13?,14?,15?,16?. The summed E-state index contributed by atoms with van der Waals surface area (Å²) in [7, 11) is 0.